The van der Waals surface area contributed by atoms with E-state index in [1.54, 1.807) is 0 Å². The highest BCUT2D eigenvalue weighted by molar-refractivity contribution is 7.91. The zero-order chi connectivity index (χ0) is 12.3. The molecule has 1 aliphatic carbocycles. The average molecular weight is 261 g/mol. The lowest BCUT2D eigenvalue weighted by atomic mass is 9.96. The largest absolute Gasteiger partial charge is 0.390 e. The zero-order valence-electron chi connectivity index (χ0n) is 10.3. The highest BCUT2D eigenvalue weighted by Gasteiger charge is 2.37. The third-order valence-electron chi connectivity index (χ3n) is 3.88. The first kappa shape index (κ1) is 13.3. The van der Waals surface area contributed by atoms with E-state index in [9.17, 15) is 13.5 Å². The van der Waals surface area contributed by atoms with Gasteiger partial charge in [-0.3, -0.25) is 0 Å². The van der Waals surface area contributed by atoms with E-state index in [-0.39, 0.29) is 17.5 Å². The number of hydrogen-bond acceptors (Lipinski definition) is 4. The number of hydrogen-bond donors (Lipinski definition) is 2. The van der Waals surface area contributed by atoms with E-state index in [2.05, 4.69) is 5.32 Å². The van der Waals surface area contributed by atoms with E-state index in [1.807, 2.05) is 0 Å². The molecule has 5 heteroatoms. The van der Waals surface area contributed by atoms with Crippen molar-refractivity contribution in [2.45, 2.75) is 63.1 Å². The van der Waals surface area contributed by atoms with Gasteiger partial charge in [0.1, 0.15) is 0 Å². The van der Waals surface area contributed by atoms with Crippen molar-refractivity contribution in [2.75, 3.05) is 11.5 Å². The van der Waals surface area contributed by atoms with Gasteiger partial charge >= 0.3 is 0 Å². The van der Waals surface area contributed by atoms with Crippen molar-refractivity contribution < 1.29 is 13.5 Å². The third kappa shape index (κ3) is 3.93. The van der Waals surface area contributed by atoms with Gasteiger partial charge in [-0.05, 0) is 12.8 Å². The van der Waals surface area contributed by atoms with Crippen molar-refractivity contribution in [3.8, 4) is 0 Å². The molecule has 0 radical (unpaired) electrons. The van der Waals surface area contributed by atoms with Crippen LogP contribution in [-0.2, 0) is 9.84 Å². The van der Waals surface area contributed by atoms with Gasteiger partial charge in [-0.1, -0.05) is 32.1 Å². The maximum Gasteiger partial charge on any atom is 0.154 e. The van der Waals surface area contributed by atoms with E-state index in [4.69, 9.17) is 0 Å². The predicted molar refractivity (Wildman–Crippen MR) is 67.7 cm³/mol. The maximum atomic E-state index is 11.4. The van der Waals surface area contributed by atoms with E-state index >= 15 is 0 Å². The summed E-state index contributed by atoms with van der Waals surface area (Å²) in [6, 6.07) is 0.146. The number of aliphatic hydroxyl groups excluding tert-OH is 1. The topological polar surface area (TPSA) is 66.4 Å². The molecular formula is C12H23NO3S. The lowest BCUT2D eigenvalue weighted by molar-refractivity contribution is 0.155. The van der Waals surface area contributed by atoms with Crippen LogP contribution in [0.5, 0.6) is 0 Å². The SMILES string of the molecule is O=S1(=O)C[C@H](NC2CCCCCCC2)[C@@H](O)C1. The van der Waals surface area contributed by atoms with Crippen LogP contribution in [0.25, 0.3) is 0 Å². The molecule has 0 aromatic carbocycles. The quantitative estimate of drug-likeness (QED) is 0.773. The minimum atomic E-state index is -3.02. The molecule has 17 heavy (non-hydrogen) atoms. The second-order valence-electron chi connectivity index (χ2n) is 5.46. The smallest absolute Gasteiger partial charge is 0.154 e. The Bertz CT molecular complexity index is 334. The Labute approximate surface area is 104 Å². The molecule has 1 saturated heterocycles. The maximum absolute atomic E-state index is 11.4. The molecule has 2 atom stereocenters. The molecular weight excluding hydrogens is 238 g/mol. The standard InChI is InChI=1S/C12H23NO3S/c14-12-9-17(15,16)8-11(12)13-10-6-4-2-1-3-5-7-10/h10-14H,1-9H2/t11-,12-/m0/s1. The molecule has 4 nitrogen and oxygen atoms in total. The Balaban J connectivity index is 1.87. The van der Waals surface area contributed by atoms with Crippen molar-refractivity contribution in [3.63, 3.8) is 0 Å². The van der Waals surface area contributed by atoms with E-state index < -0.39 is 15.9 Å². The van der Waals surface area contributed by atoms with Crippen molar-refractivity contribution >= 4 is 9.84 Å². The van der Waals surface area contributed by atoms with Gasteiger partial charge in [0.2, 0.25) is 0 Å². The highest BCUT2D eigenvalue weighted by atomic mass is 32.2. The molecule has 2 N–H and O–H groups in total. The van der Waals surface area contributed by atoms with Crippen LogP contribution in [-0.4, -0.2) is 43.2 Å². The second-order valence-corrected chi connectivity index (χ2v) is 7.61. The van der Waals surface area contributed by atoms with Gasteiger partial charge in [0.15, 0.2) is 9.84 Å². The van der Waals surface area contributed by atoms with Crippen LogP contribution in [0.3, 0.4) is 0 Å². The molecule has 0 amide bonds. The van der Waals surface area contributed by atoms with Crippen molar-refractivity contribution in [3.05, 3.63) is 0 Å². The van der Waals surface area contributed by atoms with Gasteiger partial charge in [0, 0.05) is 12.1 Å². The average Bonchev–Trinajstić information content (AvgIpc) is 2.44. The molecule has 2 rings (SSSR count). The summed E-state index contributed by atoms with van der Waals surface area (Å²) < 4.78 is 22.8. The number of aliphatic hydroxyl groups is 1. The first-order valence-electron chi connectivity index (χ1n) is 6.71. The Kier molecular flexibility index (Phi) is 4.44. The Morgan fingerprint density at radius 1 is 0.941 bits per heavy atom. The van der Waals surface area contributed by atoms with Crippen molar-refractivity contribution in [1.82, 2.24) is 5.32 Å². The predicted octanol–water partition coefficient (Wildman–Crippen LogP) is 0.847. The Morgan fingerprint density at radius 3 is 2.06 bits per heavy atom. The summed E-state index contributed by atoms with van der Waals surface area (Å²) in [5.74, 6) is 0.0298. The normalized spacial score (nSPS) is 35.4. The molecule has 0 aromatic rings. The second kappa shape index (κ2) is 5.67. The summed E-state index contributed by atoms with van der Waals surface area (Å²) in [6.07, 6.45) is 7.83. The van der Waals surface area contributed by atoms with Crippen LogP contribution in [0, 0.1) is 0 Å². The lowest BCUT2D eigenvalue weighted by Gasteiger charge is -2.25. The number of nitrogens with one attached hydrogen (secondary N) is 1. The summed E-state index contributed by atoms with van der Waals surface area (Å²) in [5, 5.41) is 13.1. The fraction of sp³-hybridized carbons (Fsp3) is 1.00. The molecule has 2 aliphatic rings. The van der Waals surface area contributed by atoms with E-state index in [0.717, 1.165) is 12.8 Å². The first-order valence-corrected chi connectivity index (χ1v) is 8.53. The monoisotopic (exact) mass is 261 g/mol. The molecule has 100 valence electrons. The van der Waals surface area contributed by atoms with Crippen LogP contribution >= 0.6 is 0 Å². The minimum Gasteiger partial charge on any atom is -0.390 e. The highest BCUT2D eigenvalue weighted by Crippen LogP contribution is 2.20. The number of sulfone groups is 1. The fourth-order valence-corrected chi connectivity index (χ4v) is 4.67. The molecule has 0 unspecified atom stereocenters. The number of rotatable bonds is 2. The van der Waals surface area contributed by atoms with Gasteiger partial charge in [-0.15, -0.1) is 0 Å². The van der Waals surface area contributed by atoms with Gasteiger partial charge in [0.05, 0.1) is 17.6 Å². The van der Waals surface area contributed by atoms with E-state index in [0.29, 0.717) is 6.04 Å². The van der Waals surface area contributed by atoms with Crippen LogP contribution in [0.2, 0.25) is 0 Å². The molecule has 1 saturated carbocycles. The van der Waals surface area contributed by atoms with Gasteiger partial charge < -0.3 is 10.4 Å². The van der Waals surface area contributed by atoms with Crippen molar-refractivity contribution in [2.24, 2.45) is 0 Å². The summed E-state index contributed by atoms with van der Waals surface area (Å²) >= 11 is 0. The third-order valence-corrected chi connectivity index (χ3v) is 5.59. The molecule has 2 fully saturated rings. The summed E-state index contributed by atoms with van der Waals surface area (Å²) in [5.41, 5.74) is 0. The fourth-order valence-electron chi connectivity index (χ4n) is 2.91. The molecule has 0 spiro atoms. The molecule has 1 aliphatic heterocycles. The van der Waals surface area contributed by atoms with Gasteiger partial charge in [-0.25, -0.2) is 8.42 Å². The van der Waals surface area contributed by atoms with Gasteiger partial charge in [0.25, 0.3) is 0 Å². The molecule has 0 bridgehead atoms. The molecule has 1 heterocycles. The van der Waals surface area contributed by atoms with Crippen molar-refractivity contribution in [1.29, 1.82) is 0 Å². The molecule has 0 aromatic heterocycles. The summed E-state index contributed by atoms with van der Waals surface area (Å²) in [7, 11) is -3.02. The Hall–Kier alpha value is -0.130. The minimum absolute atomic E-state index is 0.0720. The lowest BCUT2D eigenvalue weighted by Crippen LogP contribution is -2.45. The summed E-state index contributed by atoms with van der Waals surface area (Å²) in [4.78, 5) is 0. The Morgan fingerprint density at radius 2 is 1.53 bits per heavy atom. The van der Waals surface area contributed by atoms with E-state index in [1.165, 1.54) is 32.1 Å². The van der Waals surface area contributed by atoms with Gasteiger partial charge in [-0.2, -0.15) is 0 Å². The zero-order valence-corrected chi connectivity index (χ0v) is 11.1. The van der Waals surface area contributed by atoms with Crippen LogP contribution in [0.15, 0.2) is 0 Å². The van der Waals surface area contributed by atoms with Crippen LogP contribution in [0.1, 0.15) is 44.9 Å². The first-order chi connectivity index (χ1) is 8.07. The summed E-state index contributed by atoms with van der Waals surface area (Å²) in [6.45, 7) is 0. The van der Waals surface area contributed by atoms with Crippen LogP contribution in [0.4, 0.5) is 0 Å². The van der Waals surface area contributed by atoms with Crippen LogP contribution < -0.4 is 5.32 Å².